The molecule has 2 fully saturated rings. The maximum absolute atomic E-state index is 11.8. The fourth-order valence-corrected chi connectivity index (χ4v) is 3.24. The molecule has 1 spiro atoms. The number of hydrogen-bond acceptors (Lipinski definition) is 4. The highest BCUT2D eigenvalue weighted by molar-refractivity contribution is 5.68. The van der Waals surface area contributed by atoms with Crippen molar-refractivity contribution in [3.63, 3.8) is 0 Å². The Kier molecular flexibility index (Phi) is 4.06. The Morgan fingerprint density at radius 3 is 2.53 bits per heavy atom. The first-order valence-electron chi connectivity index (χ1n) is 7.18. The Labute approximate surface area is 115 Å². The average molecular weight is 270 g/mol. The zero-order valence-electron chi connectivity index (χ0n) is 12.2. The molecule has 3 N–H and O–H groups in total. The van der Waals surface area contributed by atoms with Gasteiger partial charge in [-0.15, -0.1) is 0 Å². The van der Waals surface area contributed by atoms with Crippen LogP contribution >= 0.6 is 0 Å². The molecule has 0 aromatic heterocycles. The number of carbonyl (C=O) groups excluding carboxylic acids is 1. The summed E-state index contributed by atoms with van der Waals surface area (Å²) in [7, 11) is 0. The van der Waals surface area contributed by atoms with Gasteiger partial charge in [0.1, 0.15) is 5.60 Å². The molecule has 1 saturated heterocycles. The van der Waals surface area contributed by atoms with Crippen molar-refractivity contribution >= 4 is 6.09 Å². The van der Waals surface area contributed by atoms with Gasteiger partial charge in [0, 0.05) is 0 Å². The first kappa shape index (κ1) is 14.6. The molecule has 110 valence electrons. The number of amides is 1. The highest BCUT2D eigenvalue weighted by atomic mass is 16.6. The molecule has 2 rings (SSSR count). The van der Waals surface area contributed by atoms with Gasteiger partial charge in [0.25, 0.3) is 0 Å². The maximum Gasteiger partial charge on any atom is 0.407 e. The monoisotopic (exact) mass is 270 g/mol. The van der Waals surface area contributed by atoms with E-state index in [2.05, 4.69) is 10.6 Å². The molecular weight excluding hydrogens is 244 g/mol. The van der Waals surface area contributed by atoms with Crippen molar-refractivity contribution in [1.82, 2.24) is 10.6 Å². The molecule has 0 aromatic rings. The summed E-state index contributed by atoms with van der Waals surface area (Å²) in [4.78, 5) is 11.8. The topological polar surface area (TPSA) is 70.6 Å². The van der Waals surface area contributed by atoms with Gasteiger partial charge in [0.15, 0.2) is 0 Å². The van der Waals surface area contributed by atoms with E-state index in [0.717, 1.165) is 38.8 Å². The van der Waals surface area contributed by atoms with Crippen LogP contribution in [-0.4, -0.2) is 42.0 Å². The third-order valence-corrected chi connectivity index (χ3v) is 4.13. The van der Waals surface area contributed by atoms with Crippen LogP contribution in [-0.2, 0) is 4.74 Å². The van der Waals surface area contributed by atoms with Gasteiger partial charge < -0.3 is 20.5 Å². The molecule has 5 heteroatoms. The van der Waals surface area contributed by atoms with Gasteiger partial charge in [-0.2, -0.15) is 0 Å². The van der Waals surface area contributed by atoms with Crippen LogP contribution in [0.3, 0.4) is 0 Å². The van der Waals surface area contributed by atoms with E-state index in [-0.39, 0.29) is 11.5 Å². The van der Waals surface area contributed by atoms with E-state index in [1.54, 1.807) is 0 Å². The number of aliphatic hydroxyl groups excluding tert-OH is 1. The Balaban J connectivity index is 1.89. The van der Waals surface area contributed by atoms with Crippen LogP contribution < -0.4 is 10.6 Å². The van der Waals surface area contributed by atoms with Crippen molar-refractivity contribution in [2.75, 3.05) is 13.1 Å². The number of nitrogens with one attached hydrogen (secondary N) is 2. The minimum absolute atomic E-state index is 0.173. The Morgan fingerprint density at radius 1 is 1.32 bits per heavy atom. The third kappa shape index (κ3) is 3.83. The van der Waals surface area contributed by atoms with Crippen LogP contribution in [0, 0.1) is 5.41 Å². The molecule has 0 aromatic carbocycles. The molecule has 1 heterocycles. The highest BCUT2D eigenvalue weighted by Gasteiger charge is 2.45. The first-order valence-corrected chi connectivity index (χ1v) is 7.18. The van der Waals surface area contributed by atoms with Crippen molar-refractivity contribution in [3.8, 4) is 0 Å². The lowest BCUT2D eigenvalue weighted by atomic mass is 9.77. The number of hydrogen-bond donors (Lipinski definition) is 3. The van der Waals surface area contributed by atoms with E-state index in [0.29, 0.717) is 0 Å². The standard InChI is InChI=1S/C14H26N2O3/c1-13(2,3)19-12(18)16-10-8-14(9-11(10)17)4-6-15-7-5-14/h10-11,15,17H,4-9H2,1-3H3,(H,16,18)/t10-,11+/m0/s1. The average Bonchev–Trinajstić information content (AvgIpc) is 2.53. The summed E-state index contributed by atoms with van der Waals surface area (Å²) in [6, 6.07) is -0.173. The minimum atomic E-state index is -0.500. The van der Waals surface area contributed by atoms with E-state index in [4.69, 9.17) is 4.74 Å². The summed E-state index contributed by atoms with van der Waals surface area (Å²) < 4.78 is 5.25. The van der Waals surface area contributed by atoms with E-state index < -0.39 is 17.8 Å². The van der Waals surface area contributed by atoms with Gasteiger partial charge in [-0.1, -0.05) is 0 Å². The Bertz CT molecular complexity index is 332. The molecule has 2 aliphatic rings. The summed E-state index contributed by atoms with van der Waals surface area (Å²) in [5.41, 5.74) is -0.301. The molecular formula is C14H26N2O3. The van der Waals surface area contributed by atoms with Gasteiger partial charge in [0.2, 0.25) is 0 Å². The van der Waals surface area contributed by atoms with Gasteiger partial charge in [-0.25, -0.2) is 4.79 Å². The van der Waals surface area contributed by atoms with Gasteiger partial charge in [-0.3, -0.25) is 0 Å². The summed E-state index contributed by atoms with van der Waals surface area (Å²) in [5.74, 6) is 0. The predicted molar refractivity (Wildman–Crippen MR) is 72.9 cm³/mol. The molecule has 1 saturated carbocycles. The maximum atomic E-state index is 11.8. The molecule has 0 radical (unpaired) electrons. The number of carbonyl (C=O) groups is 1. The molecule has 19 heavy (non-hydrogen) atoms. The smallest absolute Gasteiger partial charge is 0.407 e. The second kappa shape index (κ2) is 5.29. The van der Waals surface area contributed by atoms with Crippen molar-refractivity contribution in [3.05, 3.63) is 0 Å². The molecule has 0 bridgehead atoms. The number of alkyl carbamates (subject to hydrolysis) is 1. The largest absolute Gasteiger partial charge is 0.444 e. The van der Waals surface area contributed by atoms with Crippen LogP contribution in [0.25, 0.3) is 0 Å². The lowest BCUT2D eigenvalue weighted by Crippen LogP contribution is -2.43. The van der Waals surface area contributed by atoms with Crippen LogP contribution in [0.1, 0.15) is 46.5 Å². The van der Waals surface area contributed by atoms with Crippen LogP contribution in [0.2, 0.25) is 0 Å². The summed E-state index contributed by atoms with van der Waals surface area (Å²) in [6.07, 6.45) is 2.92. The lowest BCUT2D eigenvalue weighted by Gasteiger charge is -2.33. The summed E-state index contributed by atoms with van der Waals surface area (Å²) in [6.45, 7) is 7.53. The molecule has 1 amide bonds. The van der Waals surface area contributed by atoms with Crippen molar-refractivity contribution in [1.29, 1.82) is 0 Å². The highest BCUT2D eigenvalue weighted by Crippen LogP contribution is 2.45. The SMILES string of the molecule is CC(C)(C)OC(=O)N[C@H]1CC2(CCNCC2)C[C@H]1O. The Morgan fingerprint density at radius 2 is 1.95 bits per heavy atom. The zero-order chi connectivity index (χ0) is 14.1. The fourth-order valence-electron chi connectivity index (χ4n) is 3.24. The predicted octanol–water partition coefficient (Wildman–Crippen LogP) is 1.40. The van der Waals surface area contributed by atoms with Gasteiger partial charge >= 0.3 is 6.09 Å². The van der Waals surface area contributed by atoms with Crippen molar-refractivity contribution in [2.24, 2.45) is 5.41 Å². The number of ether oxygens (including phenoxy) is 1. The zero-order valence-corrected chi connectivity index (χ0v) is 12.2. The van der Waals surface area contributed by atoms with Crippen LogP contribution in [0.4, 0.5) is 4.79 Å². The lowest BCUT2D eigenvalue weighted by molar-refractivity contribution is 0.0450. The number of rotatable bonds is 1. The molecule has 5 nitrogen and oxygen atoms in total. The summed E-state index contributed by atoms with van der Waals surface area (Å²) >= 11 is 0. The fraction of sp³-hybridized carbons (Fsp3) is 0.929. The Hall–Kier alpha value is -0.810. The molecule has 1 aliphatic carbocycles. The number of aliphatic hydroxyl groups is 1. The molecule has 1 aliphatic heterocycles. The second-order valence-corrected chi connectivity index (χ2v) is 6.98. The van der Waals surface area contributed by atoms with Crippen LogP contribution in [0.15, 0.2) is 0 Å². The van der Waals surface area contributed by atoms with E-state index in [9.17, 15) is 9.90 Å². The third-order valence-electron chi connectivity index (χ3n) is 4.13. The van der Waals surface area contributed by atoms with E-state index in [1.807, 2.05) is 20.8 Å². The first-order chi connectivity index (χ1) is 8.80. The van der Waals surface area contributed by atoms with E-state index >= 15 is 0 Å². The van der Waals surface area contributed by atoms with Crippen molar-refractivity contribution in [2.45, 2.75) is 64.2 Å². The van der Waals surface area contributed by atoms with Gasteiger partial charge in [-0.05, 0) is 65.0 Å². The second-order valence-electron chi connectivity index (χ2n) is 6.98. The summed E-state index contributed by atoms with van der Waals surface area (Å²) in [5, 5.41) is 16.3. The van der Waals surface area contributed by atoms with Crippen molar-refractivity contribution < 1.29 is 14.6 Å². The number of piperidine rings is 1. The minimum Gasteiger partial charge on any atom is -0.444 e. The quantitative estimate of drug-likeness (QED) is 0.673. The van der Waals surface area contributed by atoms with Gasteiger partial charge in [0.05, 0.1) is 12.1 Å². The molecule has 0 unspecified atom stereocenters. The van der Waals surface area contributed by atoms with E-state index in [1.165, 1.54) is 0 Å². The van der Waals surface area contributed by atoms with Crippen LogP contribution in [0.5, 0.6) is 0 Å². The normalized spacial score (nSPS) is 30.3. The molecule has 2 atom stereocenters.